The number of carbonyl (C=O) groups excluding carboxylic acids is 2. The first kappa shape index (κ1) is 17.9. The molecule has 2 amide bonds. The summed E-state index contributed by atoms with van der Waals surface area (Å²) in [5.41, 5.74) is 7.10. The number of nitrogens with two attached hydrogens (primary N) is 1. The van der Waals surface area contributed by atoms with Crippen LogP contribution in [-0.4, -0.2) is 58.4 Å². The molecule has 4 aliphatic rings. The molecule has 5 rings (SSSR count). The Morgan fingerprint density at radius 2 is 1.68 bits per heavy atom. The minimum atomic E-state index is -0.518. The van der Waals surface area contributed by atoms with E-state index in [1.165, 1.54) is 0 Å². The van der Waals surface area contributed by atoms with Crippen LogP contribution < -0.4 is 11.3 Å². The Morgan fingerprint density at radius 1 is 1.00 bits per heavy atom. The zero-order valence-corrected chi connectivity index (χ0v) is 16.3. The summed E-state index contributed by atoms with van der Waals surface area (Å²) in [4.78, 5) is 42.3. The van der Waals surface area contributed by atoms with E-state index in [1.54, 1.807) is 23.6 Å². The Labute approximate surface area is 164 Å². The Kier molecular flexibility index (Phi) is 4.12. The molecule has 7 nitrogen and oxygen atoms in total. The van der Waals surface area contributed by atoms with Crippen LogP contribution in [0.2, 0.25) is 0 Å². The van der Waals surface area contributed by atoms with Crippen LogP contribution in [0.25, 0.3) is 0 Å². The van der Waals surface area contributed by atoms with Crippen molar-refractivity contribution >= 4 is 11.8 Å². The monoisotopic (exact) mass is 384 g/mol. The molecule has 28 heavy (non-hydrogen) atoms. The zero-order chi connectivity index (χ0) is 19.6. The molecule has 2 N–H and O–H groups in total. The predicted molar refractivity (Wildman–Crippen MR) is 104 cm³/mol. The normalized spacial score (nSPS) is 36.2. The minimum Gasteiger partial charge on any atom is -0.342 e. The van der Waals surface area contributed by atoms with E-state index in [4.69, 9.17) is 5.73 Å². The third kappa shape index (κ3) is 2.63. The summed E-state index contributed by atoms with van der Waals surface area (Å²) >= 11 is 0. The van der Waals surface area contributed by atoms with E-state index in [0.717, 1.165) is 25.0 Å². The molecular formula is C21H28N4O3. The van der Waals surface area contributed by atoms with Crippen molar-refractivity contribution in [1.29, 1.82) is 0 Å². The highest BCUT2D eigenvalue weighted by molar-refractivity contribution is 5.82. The number of piperidine rings is 2. The van der Waals surface area contributed by atoms with Crippen LogP contribution in [0.15, 0.2) is 23.0 Å². The first-order valence-corrected chi connectivity index (χ1v) is 10.5. The van der Waals surface area contributed by atoms with Crippen molar-refractivity contribution in [2.75, 3.05) is 26.2 Å². The first-order chi connectivity index (χ1) is 13.4. The second-order valence-electron chi connectivity index (χ2n) is 9.14. The smallest absolute Gasteiger partial charge is 0.251 e. The fourth-order valence-corrected chi connectivity index (χ4v) is 6.14. The highest BCUT2D eigenvalue weighted by Crippen LogP contribution is 2.43. The van der Waals surface area contributed by atoms with Crippen LogP contribution >= 0.6 is 0 Å². The van der Waals surface area contributed by atoms with Crippen LogP contribution in [0.3, 0.4) is 0 Å². The van der Waals surface area contributed by atoms with Crippen LogP contribution in [0.4, 0.5) is 0 Å². The van der Waals surface area contributed by atoms with Gasteiger partial charge in [-0.15, -0.1) is 0 Å². The summed E-state index contributed by atoms with van der Waals surface area (Å²) in [6.07, 6.45) is 3.02. The van der Waals surface area contributed by atoms with Gasteiger partial charge in [0.1, 0.15) is 6.04 Å². The Morgan fingerprint density at radius 3 is 2.36 bits per heavy atom. The van der Waals surface area contributed by atoms with Crippen molar-refractivity contribution in [3.05, 3.63) is 34.2 Å². The van der Waals surface area contributed by atoms with E-state index in [2.05, 4.69) is 0 Å². The van der Waals surface area contributed by atoms with Gasteiger partial charge in [0, 0.05) is 62.7 Å². The number of aromatic nitrogens is 1. The van der Waals surface area contributed by atoms with E-state index in [9.17, 15) is 14.4 Å². The first-order valence-electron chi connectivity index (χ1n) is 10.5. The number of pyridine rings is 1. The lowest BCUT2D eigenvalue weighted by Gasteiger charge is -2.48. The van der Waals surface area contributed by atoms with Gasteiger partial charge in [-0.05, 0) is 37.2 Å². The standard InChI is InChI=1S/C21H28N4O3/c1-12(26)23-10-15-7-16(11-23)20(25-17(15)3-2-4-18(25)27)21(28)24-8-13-5-6-14(9-24)19(13)22/h2-4,13-16,19-20H,5-11,22H2,1H3/t13-,14+,15-,16+,19?,20-/m1/s1. The largest absolute Gasteiger partial charge is 0.342 e. The number of nitrogens with zero attached hydrogens (tertiary/aromatic N) is 3. The average molecular weight is 384 g/mol. The Bertz CT molecular complexity index is 867. The van der Waals surface area contributed by atoms with E-state index < -0.39 is 6.04 Å². The van der Waals surface area contributed by atoms with Gasteiger partial charge in [-0.2, -0.15) is 0 Å². The van der Waals surface area contributed by atoms with Crippen LogP contribution in [0.1, 0.15) is 43.8 Å². The molecule has 0 aromatic carbocycles. The number of hydrogen-bond donors (Lipinski definition) is 1. The highest BCUT2D eigenvalue weighted by atomic mass is 16.2. The van der Waals surface area contributed by atoms with E-state index >= 15 is 0 Å². The maximum atomic E-state index is 13.7. The number of fused-ring (bicyclic) bond motifs is 6. The molecule has 0 radical (unpaired) electrons. The second-order valence-corrected chi connectivity index (χ2v) is 9.14. The van der Waals surface area contributed by atoms with Gasteiger partial charge in [0.2, 0.25) is 11.8 Å². The second kappa shape index (κ2) is 6.44. The molecule has 6 atom stereocenters. The SMILES string of the molecule is CC(=O)N1C[C@H]2C[C@@H](C1)[C@H](C(=O)N1C[C@H]3CC[C@@H](C1)C3N)n1c2cccc1=O. The van der Waals surface area contributed by atoms with Gasteiger partial charge in [-0.1, -0.05) is 6.07 Å². The molecule has 1 aromatic heterocycles. The lowest BCUT2D eigenvalue weighted by atomic mass is 9.77. The summed E-state index contributed by atoms with van der Waals surface area (Å²) in [7, 11) is 0. The van der Waals surface area contributed by atoms with Gasteiger partial charge >= 0.3 is 0 Å². The van der Waals surface area contributed by atoms with Gasteiger partial charge in [-0.3, -0.25) is 19.0 Å². The van der Waals surface area contributed by atoms with Crippen molar-refractivity contribution in [2.45, 2.75) is 44.2 Å². The van der Waals surface area contributed by atoms with Gasteiger partial charge in [0.05, 0.1) is 0 Å². The van der Waals surface area contributed by atoms with E-state index in [0.29, 0.717) is 38.0 Å². The Hall–Kier alpha value is -2.15. The summed E-state index contributed by atoms with van der Waals surface area (Å²) in [5.74, 6) is 0.904. The molecule has 1 saturated carbocycles. The van der Waals surface area contributed by atoms with Crippen LogP contribution in [-0.2, 0) is 9.59 Å². The van der Waals surface area contributed by atoms with Gasteiger partial charge < -0.3 is 15.5 Å². The number of rotatable bonds is 1. The van der Waals surface area contributed by atoms with Crippen molar-refractivity contribution in [2.24, 2.45) is 23.5 Å². The highest BCUT2D eigenvalue weighted by Gasteiger charge is 2.48. The number of carbonyl (C=O) groups is 2. The van der Waals surface area contributed by atoms with Crippen molar-refractivity contribution < 1.29 is 9.59 Å². The maximum Gasteiger partial charge on any atom is 0.251 e. The maximum absolute atomic E-state index is 13.7. The van der Waals surface area contributed by atoms with Crippen molar-refractivity contribution in [3.8, 4) is 0 Å². The third-order valence-electron chi connectivity index (χ3n) is 7.56. The van der Waals surface area contributed by atoms with Gasteiger partial charge in [0.15, 0.2) is 0 Å². The molecule has 4 bridgehead atoms. The molecule has 1 unspecified atom stereocenters. The van der Waals surface area contributed by atoms with Gasteiger partial charge in [-0.25, -0.2) is 0 Å². The zero-order valence-electron chi connectivity index (χ0n) is 16.3. The summed E-state index contributed by atoms with van der Waals surface area (Å²) in [6.45, 7) is 4.13. The molecule has 7 heteroatoms. The lowest BCUT2D eigenvalue weighted by molar-refractivity contribution is -0.143. The molecule has 2 saturated heterocycles. The topological polar surface area (TPSA) is 88.6 Å². The molecule has 3 aliphatic heterocycles. The fraction of sp³-hybridized carbons (Fsp3) is 0.667. The average Bonchev–Trinajstić information content (AvgIpc) is 2.89. The summed E-state index contributed by atoms with van der Waals surface area (Å²) in [6, 6.07) is 4.93. The number of amides is 2. The molecule has 0 spiro atoms. The molecule has 1 aromatic rings. The Balaban J connectivity index is 1.52. The minimum absolute atomic E-state index is 0.0176. The fourth-order valence-electron chi connectivity index (χ4n) is 6.14. The van der Waals surface area contributed by atoms with Gasteiger partial charge in [0.25, 0.3) is 5.56 Å². The number of hydrogen-bond acceptors (Lipinski definition) is 4. The molecule has 4 heterocycles. The van der Waals surface area contributed by atoms with Crippen molar-refractivity contribution in [3.63, 3.8) is 0 Å². The predicted octanol–water partition coefficient (Wildman–Crippen LogP) is 0.551. The molecular weight excluding hydrogens is 356 g/mol. The quantitative estimate of drug-likeness (QED) is 0.766. The van der Waals surface area contributed by atoms with E-state index in [1.807, 2.05) is 15.9 Å². The third-order valence-corrected chi connectivity index (χ3v) is 7.56. The summed E-state index contributed by atoms with van der Waals surface area (Å²) < 4.78 is 1.73. The van der Waals surface area contributed by atoms with E-state index in [-0.39, 0.29) is 35.3 Å². The molecule has 3 fully saturated rings. The number of likely N-dealkylation sites (tertiary alicyclic amines) is 2. The van der Waals surface area contributed by atoms with Crippen LogP contribution in [0, 0.1) is 17.8 Å². The molecule has 150 valence electrons. The molecule has 1 aliphatic carbocycles. The van der Waals surface area contributed by atoms with Crippen molar-refractivity contribution in [1.82, 2.24) is 14.4 Å². The summed E-state index contributed by atoms with van der Waals surface area (Å²) in [5, 5.41) is 0. The lowest BCUT2D eigenvalue weighted by Crippen LogP contribution is -2.57. The van der Waals surface area contributed by atoms with Crippen LogP contribution in [0.5, 0.6) is 0 Å².